The summed E-state index contributed by atoms with van der Waals surface area (Å²) in [4.78, 5) is 13.9. The van der Waals surface area contributed by atoms with E-state index >= 15 is 0 Å². The number of nitrogens with one attached hydrogen (secondary N) is 1. The van der Waals surface area contributed by atoms with Gasteiger partial charge in [0.2, 0.25) is 0 Å². The van der Waals surface area contributed by atoms with Crippen molar-refractivity contribution in [3.8, 4) is 0 Å². The molecule has 4 heteroatoms. The fourth-order valence-corrected chi connectivity index (χ4v) is 1.70. The van der Waals surface area contributed by atoms with Crippen LogP contribution in [0.4, 0.5) is 0 Å². The van der Waals surface area contributed by atoms with Crippen molar-refractivity contribution in [1.82, 2.24) is 10.2 Å². The van der Waals surface area contributed by atoms with Gasteiger partial charge in [0.15, 0.2) is 0 Å². The minimum Gasteiger partial charge on any atom is -0.366 e. The van der Waals surface area contributed by atoms with Gasteiger partial charge in [-0.3, -0.25) is 4.79 Å². The standard InChI is InChI=1S/C11H22N2O2/c1-3-5-7-13(4-2)11(14)10-9-12-6-8-15-10/h10,12H,3-9H2,1-2H3. The second kappa shape index (κ2) is 6.80. The summed E-state index contributed by atoms with van der Waals surface area (Å²) < 4.78 is 5.45. The molecule has 1 atom stereocenters. The number of hydrogen-bond donors (Lipinski definition) is 1. The lowest BCUT2D eigenvalue weighted by Gasteiger charge is -2.29. The molecule has 0 spiro atoms. The largest absolute Gasteiger partial charge is 0.366 e. The molecule has 1 aliphatic heterocycles. The van der Waals surface area contributed by atoms with Gasteiger partial charge in [0.25, 0.3) is 5.91 Å². The number of rotatable bonds is 5. The van der Waals surface area contributed by atoms with Crippen LogP contribution in [0.3, 0.4) is 0 Å². The molecule has 1 N–H and O–H groups in total. The molecule has 1 saturated heterocycles. The van der Waals surface area contributed by atoms with Crippen LogP contribution in [-0.2, 0) is 9.53 Å². The van der Waals surface area contributed by atoms with Crippen molar-refractivity contribution in [2.45, 2.75) is 32.8 Å². The first-order chi connectivity index (χ1) is 7.29. The van der Waals surface area contributed by atoms with E-state index in [1.807, 2.05) is 11.8 Å². The zero-order chi connectivity index (χ0) is 11.1. The maximum Gasteiger partial charge on any atom is 0.253 e. The number of morpholine rings is 1. The van der Waals surface area contributed by atoms with Crippen molar-refractivity contribution in [3.05, 3.63) is 0 Å². The van der Waals surface area contributed by atoms with Gasteiger partial charge in [-0.2, -0.15) is 0 Å². The molecule has 4 nitrogen and oxygen atoms in total. The summed E-state index contributed by atoms with van der Waals surface area (Å²) in [6.45, 7) is 7.93. The zero-order valence-corrected chi connectivity index (χ0v) is 9.79. The van der Waals surface area contributed by atoms with E-state index in [2.05, 4.69) is 12.2 Å². The highest BCUT2D eigenvalue weighted by atomic mass is 16.5. The van der Waals surface area contributed by atoms with Gasteiger partial charge in [-0.25, -0.2) is 0 Å². The molecule has 0 aromatic rings. The van der Waals surface area contributed by atoms with Crippen molar-refractivity contribution < 1.29 is 9.53 Å². The smallest absolute Gasteiger partial charge is 0.253 e. The Morgan fingerprint density at radius 2 is 2.33 bits per heavy atom. The molecule has 88 valence electrons. The third-order valence-electron chi connectivity index (χ3n) is 2.68. The Bertz CT molecular complexity index is 191. The molecule has 1 heterocycles. The second-order valence-corrected chi connectivity index (χ2v) is 3.84. The summed E-state index contributed by atoms with van der Waals surface area (Å²) in [5.41, 5.74) is 0. The number of nitrogens with zero attached hydrogens (tertiary/aromatic N) is 1. The van der Waals surface area contributed by atoms with Crippen molar-refractivity contribution >= 4 is 5.91 Å². The first-order valence-electron chi connectivity index (χ1n) is 5.90. The number of hydrogen-bond acceptors (Lipinski definition) is 3. The van der Waals surface area contributed by atoms with E-state index in [1.165, 1.54) is 0 Å². The van der Waals surface area contributed by atoms with Gasteiger partial charge in [-0.15, -0.1) is 0 Å². The summed E-state index contributed by atoms with van der Waals surface area (Å²) in [6.07, 6.45) is 1.92. The van der Waals surface area contributed by atoms with Gasteiger partial charge in [-0.05, 0) is 13.3 Å². The van der Waals surface area contributed by atoms with Crippen LogP contribution in [0.1, 0.15) is 26.7 Å². The predicted octanol–water partition coefficient (Wildman–Crippen LogP) is 0.623. The Labute approximate surface area is 92.0 Å². The average molecular weight is 214 g/mol. The molecular weight excluding hydrogens is 192 g/mol. The van der Waals surface area contributed by atoms with Crippen LogP contribution in [0.2, 0.25) is 0 Å². The Morgan fingerprint density at radius 1 is 1.53 bits per heavy atom. The highest BCUT2D eigenvalue weighted by Gasteiger charge is 2.25. The maximum atomic E-state index is 12.0. The SMILES string of the molecule is CCCCN(CC)C(=O)C1CNCCO1. The van der Waals surface area contributed by atoms with Crippen LogP contribution in [0, 0.1) is 0 Å². The van der Waals surface area contributed by atoms with Gasteiger partial charge in [0, 0.05) is 26.2 Å². The normalized spacial score (nSPS) is 21.3. The lowest BCUT2D eigenvalue weighted by atomic mass is 10.2. The van der Waals surface area contributed by atoms with E-state index in [0.29, 0.717) is 13.2 Å². The molecule has 0 aliphatic carbocycles. The molecule has 0 bridgehead atoms. The fraction of sp³-hybridized carbons (Fsp3) is 0.909. The van der Waals surface area contributed by atoms with Crippen molar-refractivity contribution in [1.29, 1.82) is 0 Å². The molecule has 15 heavy (non-hydrogen) atoms. The number of carbonyl (C=O) groups excluding carboxylic acids is 1. The Balaban J connectivity index is 2.40. The predicted molar refractivity (Wildman–Crippen MR) is 59.8 cm³/mol. The molecule has 1 amide bonds. The summed E-state index contributed by atoms with van der Waals surface area (Å²) in [5, 5.41) is 3.18. The Morgan fingerprint density at radius 3 is 2.87 bits per heavy atom. The van der Waals surface area contributed by atoms with Crippen LogP contribution in [-0.4, -0.2) is 49.7 Å². The Hall–Kier alpha value is -0.610. The van der Waals surface area contributed by atoms with Crippen molar-refractivity contribution in [2.75, 3.05) is 32.8 Å². The topological polar surface area (TPSA) is 41.6 Å². The van der Waals surface area contributed by atoms with Gasteiger partial charge < -0.3 is 15.0 Å². The van der Waals surface area contributed by atoms with E-state index in [9.17, 15) is 4.79 Å². The summed E-state index contributed by atoms with van der Waals surface area (Å²) in [7, 11) is 0. The molecular formula is C11H22N2O2. The van der Waals surface area contributed by atoms with Crippen LogP contribution in [0.25, 0.3) is 0 Å². The lowest BCUT2D eigenvalue weighted by molar-refractivity contribution is -0.145. The van der Waals surface area contributed by atoms with E-state index < -0.39 is 0 Å². The van der Waals surface area contributed by atoms with Crippen LogP contribution >= 0.6 is 0 Å². The minimum absolute atomic E-state index is 0.137. The van der Waals surface area contributed by atoms with Crippen molar-refractivity contribution in [3.63, 3.8) is 0 Å². The van der Waals surface area contributed by atoms with E-state index in [0.717, 1.165) is 32.5 Å². The number of carbonyl (C=O) groups is 1. The summed E-state index contributed by atoms with van der Waals surface area (Å²) >= 11 is 0. The molecule has 1 unspecified atom stereocenters. The third kappa shape index (κ3) is 3.80. The van der Waals surface area contributed by atoms with Crippen LogP contribution in [0.15, 0.2) is 0 Å². The van der Waals surface area contributed by atoms with Crippen LogP contribution < -0.4 is 5.32 Å². The summed E-state index contributed by atoms with van der Waals surface area (Å²) in [5.74, 6) is 0.137. The zero-order valence-electron chi connectivity index (χ0n) is 9.79. The van der Waals surface area contributed by atoms with Crippen LogP contribution in [0.5, 0.6) is 0 Å². The highest BCUT2D eigenvalue weighted by Crippen LogP contribution is 2.04. The van der Waals surface area contributed by atoms with E-state index in [1.54, 1.807) is 0 Å². The number of likely N-dealkylation sites (N-methyl/N-ethyl adjacent to an activating group) is 1. The monoisotopic (exact) mass is 214 g/mol. The molecule has 1 rings (SSSR count). The second-order valence-electron chi connectivity index (χ2n) is 3.84. The van der Waals surface area contributed by atoms with Gasteiger partial charge in [-0.1, -0.05) is 13.3 Å². The number of amides is 1. The molecule has 0 saturated carbocycles. The highest BCUT2D eigenvalue weighted by molar-refractivity contribution is 5.81. The quantitative estimate of drug-likeness (QED) is 0.729. The first-order valence-corrected chi connectivity index (χ1v) is 5.90. The average Bonchev–Trinajstić information content (AvgIpc) is 2.31. The third-order valence-corrected chi connectivity index (χ3v) is 2.68. The van der Waals surface area contributed by atoms with E-state index in [-0.39, 0.29) is 12.0 Å². The molecule has 1 aliphatic rings. The lowest BCUT2D eigenvalue weighted by Crippen LogP contribution is -2.49. The molecule has 0 aromatic carbocycles. The van der Waals surface area contributed by atoms with Gasteiger partial charge >= 0.3 is 0 Å². The van der Waals surface area contributed by atoms with E-state index in [4.69, 9.17) is 4.74 Å². The van der Waals surface area contributed by atoms with Gasteiger partial charge in [0.05, 0.1) is 6.61 Å². The Kier molecular flexibility index (Phi) is 5.65. The molecule has 0 aromatic heterocycles. The number of ether oxygens (including phenoxy) is 1. The maximum absolute atomic E-state index is 12.0. The number of unbranched alkanes of at least 4 members (excludes halogenated alkanes) is 1. The first kappa shape index (κ1) is 12.5. The van der Waals surface area contributed by atoms with Crippen molar-refractivity contribution in [2.24, 2.45) is 0 Å². The van der Waals surface area contributed by atoms with Gasteiger partial charge in [0.1, 0.15) is 6.10 Å². The minimum atomic E-state index is -0.268. The summed E-state index contributed by atoms with van der Waals surface area (Å²) in [6, 6.07) is 0. The molecule has 1 fully saturated rings. The fourth-order valence-electron chi connectivity index (χ4n) is 1.70. The molecule has 0 radical (unpaired) electrons.